The van der Waals surface area contributed by atoms with E-state index in [1.54, 1.807) is 0 Å². The molecule has 1 aliphatic rings. The zero-order valence-corrected chi connectivity index (χ0v) is 12.3. The summed E-state index contributed by atoms with van der Waals surface area (Å²) < 4.78 is 0. The SMILES string of the molecule is CC(C)c1ccc([C@@H](C)NC(=O)C2CCCC2)cc1. The largest absolute Gasteiger partial charge is 0.349 e. The summed E-state index contributed by atoms with van der Waals surface area (Å²) >= 11 is 0. The molecule has 1 aromatic rings. The quantitative estimate of drug-likeness (QED) is 0.863. The summed E-state index contributed by atoms with van der Waals surface area (Å²) in [5.74, 6) is 1.03. The molecule has 2 nitrogen and oxygen atoms in total. The third-order valence-electron chi connectivity index (χ3n) is 4.19. The lowest BCUT2D eigenvalue weighted by molar-refractivity contribution is -0.125. The van der Waals surface area contributed by atoms with E-state index in [4.69, 9.17) is 0 Å². The van der Waals surface area contributed by atoms with Crippen molar-refractivity contribution in [3.05, 3.63) is 35.4 Å². The summed E-state index contributed by atoms with van der Waals surface area (Å²) in [6.45, 7) is 6.46. The Morgan fingerprint density at radius 1 is 1.05 bits per heavy atom. The summed E-state index contributed by atoms with van der Waals surface area (Å²) in [5, 5.41) is 3.15. The van der Waals surface area contributed by atoms with Crippen molar-refractivity contribution in [2.24, 2.45) is 5.92 Å². The maximum absolute atomic E-state index is 12.1. The number of nitrogens with one attached hydrogen (secondary N) is 1. The van der Waals surface area contributed by atoms with Crippen molar-refractivity contribution in [1.82, 2.24) is 5.32 Å². The van der Waals surface area contributed by atoms with Crippen LogP contribution in [0.5, 0.6) is 0 Å². The van der Waals surface area contributed by atoms with E-state index in [-0.39, 0.29) is 17.9 Å². The van der Waals surface area contributed by atoms with E-state index in [1.807, 2.05) is 0 Å². The molecule has 1 N–H and O–H groups in total. The van der Waals surface area contributed by atoms with Gasteiger partial charge in [0.15, 0.2) is 0 Å². The Hall–Kier alpha value is -1.31. The highest BCUT2D eigenvalue weighted by Gasteiger charge is 2.23. The molecule has 1 aromatic carbocycles. The second-order valence-corrected chi connectivity index (χ2v) is 6.03. The van der Waals surface area contributed by atoms with Crippen LogP contribution in [0.1, 0.15) is 69.5 Å². The normalized spacial score (nSPS) is 17.7. The van der Waals surface area contributed by atoms with Gasteiger partial charge in [0.25, 0.3) is 0 Å². The van der Waals surface area contributed by atoms with Crippen LogP contribution >= 0.6 is 0 Å². The second-order valence-electron chi connectivity index (χ2n) is 6.03. The first-order valence-corrected chi connectivity index (χ1v) is 7.48. The molecule has 104 valence electrons. The van der Waals surface area contributed by atoms with Gasteiger partial charge in [0.1, 0.15) is 0 Å². The van der Waals surface area contributed by atoms with E-state index in [0.717, 1.165) is 12.8 Å². The highest BCUT2D eigenvalue weighted by Crippen LogP contribution is 2.26. The summed E-state index contributed by atoms with van der Waals surface area (Å²) in [4.78, 5) is 12.1. The fourth-order valence-corrected chi connectivity index (χ4v) is 2.77. The van der Waals surface area contributed by atoms with Gasteiger partial charge in [-0.05, 0) is 36.8 Å². The molecule has 1 saturated carbocycles. The maximum Gasteiger partial charge on any atom is 0.223 e. The van der Waals surface area contributed by atoms with E-state index in [2.05, 4.69) is 50.4 Å². The second kappa shape index (κ2) is 6.23. The van der Waals surface area contributed by atoms with E-state index in [0.29, 0.717) is 5.92 Å². The molecule has 0 saturated heterocycles. The minimum atomic E-state index is 0.106. The number of hydrogen-bond acceptors (Lipinski definition) is 1. The average Bonchev–Trinajstić information content (AvgIpc) is 2.92. The van der Waals surface area contributed by atoms with Gasteiger partial charge in [0, 0.05) is 5.92 Å². The predicted molar refractivity (Wildman–Crippen MR) is 79.0 cm³/mol. The summed E-state index contributed by atoms with van der Waals surface area (Å²) in [7, 11) is 0. The summed E-state index contributed by atoms with van der Waals surface area (Å²) in [6, 6.07) is 8.70. The minimum absolute atomic E-state index is 0.106. The smallest absolute Gasteiger partial charge is 0.223 e. The van der Waals surface area contributed by atoms with Crippen molar-refractivity contribution in [1.29, 1.82) is 0 Å². The van der Waals surface area contributed by atoms with Crippen molar-refractivity contribution in [3.63, 3.8) is 0 Å². The van der Waals surface area contributed by atoms with Crippen molar-refractivity contribution in [3.8, 4) is 0 Å². The topological polar surface area (TPSA) is 29.1 Å². The first-order valence-electron chi connectivity index (χ1n) is 7.48. The predicted octanol–water partition coefficient (Wildman–Crippen LogP) is 4.18. The molecule has 0 radical (unpaired) electrons. The van der Waals surface area contributed by atoms with Crippen LogP contribution in [0.3, 0.4) is 0 Å². The average molecular weight is 259 g/mol. The van der Waals surface area contributed by atoms with Gasteiger partial charge in [-0.1, -0.05) is 51.0 Å². The van der Waals surface area contributed by atoms with Gasteiger partial charge in [-0.25, -0.2) is 0 Å². The molecule has 1 fully saturated rings. The number of hydrogen-bond donors (Lipinski definition) is 1. The zero-order chi connectivity index (χ0) is 13.8. The third kappa shape index (κ3) is 3.59. The Balaban J connectivity index is 1.95. The lowest BCUT2D eigenvalue weighted by Crippen LogP contribution is -2.31. The number of carbonyl (C=O) groups excluding carboxylic acids is 1. The summed E-state index contributed by atoms with van der Waals surface area (Å²) in [6.07, 6.45) is 4.53. The molecule has 0 spiro atoms. The Morgan fingerprint density at radius 2 is 1.58 bits per heavy atom. The van der Waals surface area contributed by atoms with Crippen molar-refractivity contribution in [2.45, 2.75) is 58.4 Å². The minimum Gasteiger partial charge on any atom is -0.349 e. The number of amides is 1. The van der Waals surface area contributed by atoms with Crippen LogP contribution in [0.4, 0.5) is 0 Å². The molecular formula is C17H25NO. The fraction of sp³-hybridized carbons (Fsp3) is 0.588. The molecule has 1 atom stereocenters. The molecule has 1 amide bonds. The van der Waals surface area contributed by atoms with Gasteiger partial charge in [0.2, 0.25) is 5.91 Å². The van der Waals surface area contributed by atoms with E-state index >= 15 is 0 Å². The first kappa shape index (κ1) is 14.1. The van der Waals surface area contributed by atoms with Crippen LogP contribution in [0, 0.1) is 5.92 Å². The zero-order valence-electron chi connectivity index (χ0n) is 12.3. The lowest BCUT2D eigenvalue weighted by Gasteiger charge is -2.18. The molecule has 0 aromatic heterocycles. The van der Waals surface area contributed by atoms with Crippen LogP contribution in [-0.2, 0) is 4.79 Å². The van der Waals surface area contributed by atoms with Crippen molar-refractivity contribution < 1.29 is 4.79 Å². The van der Waals surface area contributed by atoms with Gasteiger partial charge in [-0.3, -0.25) is 4.79 Å². The highest BCUT2D eigenvalue weighted by molar-refractivity contribution is 5.79. The molecule has 0 aliphatic heterocycles. The molecule has 1 aliphatic carbocycles. The molecule has 19 heavy (non-hydrogen) atoms. The molecule has 2 heteroatoms. The van der Waals surface area contributed by atoms with Crippen LogP contribution in [0.25, 0.3) is 0 Å². The monoisotopic (exact) mass is 259 g/mol. The van der Waals surface area contributed by atoms with Gasteiger partial charge in [-0.2, -0.15) is 0 Å². The van der Waals surface area contributed by atoms with Gasteiger partial charge in [-0.15, -0.1) is 0 Å². The number of carbonyl (C=O) groups is 1. The van der Waals surface area contributed by atoms with Crippen molar-refractivity contribution >= 4 is 5.91 Å². The highest BCUT2D eigenvalue weighted by atomic mass is 16.1. The first-order chi connectivity index (χ1) is 9.08. The molecule has 0 bridgehead atoms. The van der Waals surface area contributed by atoms with Crippen LogP contribution in [-0.4, -0.2) is 5.91 Å². The maximum atomic E-state index is 12.1. The van der Waals surface area contributed by atoms with E-state index < -0.39 is 0 Å². The van der Waals surface area contributed by atoms with Crippen molar-refractivity contribution in [2.75, 3.05) is 0 Å². The lowest BCUT2D eigenvalue weighted by atomic mass is 9.99. The molecule has 0 unspecified atom stereocenters. The number of benzene rings is 1. The van der Waals surface area contributed by atoms with Crippen LogP contribution in [0.15, 0.2) is 24.3 Å². The molecule has 0 heterocycles. The fourth-order valence-electron chi connectivity index (χ4n) is 2.77. The van der Waals surface area contributed by atoms with Gasteiger partial charge >= 0.3 is 0 Å². The van der Waals surface area contributed by atoms with Crippen LogP contribution in [0.2, 0.25) is 0 Å². The molecular weight excluding hydrogens is 234 g/mol. The Bertz CT molecular complexity index is 415. The Kier molecular flexibility index (Phi) is 4.62. The standard InChI is InChI=1S/C17H25NO/c1-12(2)14-8-10-15(11-9-14)13(3)18-17(19)16-6-4-5-7-16/h8-13,16H,4-7H2,1-3H3,(H,18,19)/t13-/m1/s1. The van der Waals surface area contributed by atoms with Gasteiger partial charge < -0.3 is 5.32 Å². The summed E-state index contributed by atoms with van der Waals surface area (Å²) in [5.41, 5.74) is 2.54. The third-order valence-corrected chi connectivity index (χ3v) is 4.19. The van der Waals surface area contributed by atoms with E-state index in [9.17, 15) is 4.79 Å². The van der Waals surface area contributed by atoms with E-state index in [1.165, 1.54) is 24.0 Å². The molecule has 2 rings (SSSR count). The van der Waals surface area contributed by atoms with Gasteiger partial charge in [0.05, 0.1) is 6.04 Å². The van der Waals surface area contributed by atoms with Crippen LogP contribution < -0.4 is 5.32 Å². The Labute approximate surface area is 116 Å². The number of rotatable bonds is 4. The Morgan fingerprint density at radius 3 is 2.11 bits per heavy atom.